The summed E-state index contributed by atoms with van der Waals surface area (Å²) >= 11 is 0. The molecule has 1 fully saturated rings. The molecule has 0 amide bonds. The molecule has 1 aromatic heterocycles. The molecule has 1 aliphatic rings. The Kier molecular flexibility index (Phi) is 6.22. The van der Waals surface area contributed by atoms with Gasteiger partial charge in [0.25, 0.3) is 0 Å². The van der Waals surface area contributed by atoms with E-state index in [9.17, 15) is 9.59 Å². The molecule has 1 unspecified atom stereocenters. The third-order valence-electron chi connectivity index (χ3n) is 7.09. The van der Waals surface area contributed by atoms with E-state index >= 15 is 0 Å². The minimum Gasteiger partial charge on any atom is -0.459 e. The zero-order valence-electron chi connectivity index (χ0n) is 20.8. The Morgan fingerprint density at radius 3 is 1.97 bits per heavy atom. The van der Waals surface area contributed by atoms with Gasteiger partial charge in [0.2, 0.25) is 0 Å². The van der Waals surface area contributed by atoms with Crippen molar-refractivity contribution in [1.82, 2.24) is 4.57 Å². The minimum atomic E-state index is -0.500. The van der Waals surface area contributed by atoms with E-state index < -0.39 is 5.60 Å². The molecular weight excluding hydrogens is 434 g/mol. The van der Waals surface area contributed by atoms with Crippen LogP contribution in [0.3, 0.4) is 0 Å². The van der Waals surface area contributed by atoms with Crippen LogP contribution in [0.2, 0.25) is 0 Å². The van der Waals surface area contributed by atoms with Gasteiger partial charge in [0.15, 0.2) is 5.43 Å². The second kappa shape index (κ2) is 9.33. The van der Waals surface area contributed by atoms with Crippen LogP contribution in [-0.4, -0.2) is 16.1 Å². The normalized spacial score (nSPS) is 15.5. The molecule has 0 saturated heterocycles. The smallest absolute Gasteiger partial charge is 0.314 e. The highest BCUT2D eigenvalue weighted by atomic mass is 16.6. The van der Waals surface area contributed by atoms with Crippen LogP contribution in [0.5, 0.6) is 0 Å². The number of para-hydroxylation sites is 2. The van der Waals surface area contributed by atoms with E-state index in [4.69, 9.17) is 4.74 Å². The lowest BCUT2D eigenvalue weighted by Gasteiger charge is -2.27. The molecule has 4 heteroatoms. The van der Waals surface area contributed by atoms with Gasteiger partial charge in [-0.05, 0) is 74.9 Å². The summed E-state index contributed by atoms with van der Waals surface area (Å²) in [7, 11) is 0. The predicted molar refractivity (Wildman–Crippen MR) is 142 cm³/mol. The van der Waals surface area contributed by atoms with E-state index in [2.05, 4.69) is 28.8 Å². The van der Waals surface area contributed by atoms with Gasteiger partial charge in [-0.25, -0.2) is 0 Å². The van der Waals surface area contributed by atoms with E-state index in [1.807, 2.05) is 69.3 Å². The maximum atomic E-state index is 13.2. The largest absolute Gasteiger partial charge is 0.459 e. The highest BCUT2D eigenvalue weighted by Crippen LogP contribution is 2.39. The molecule has 1 aliphatic carbocycles. The molecule has 0 spiro atoms. The van der Waals surface area contributed by atoms with Crippen molar-refractivity contribution in [2.75, 3.05) is 0 Å². The summed E-state index contributed by atoms with van der Waals surface area (Å²) in [5.74, 6) is -0.00283. The van der Waals surface area contributed by atoms with Crippen molar-refractivity contribution in [2.24, 2.45) is 5.92 Å². The Morgan fingerprint density at radius 2 is 1.43 bits per heavy atom. The zero-order valence-corrected chi connectivity index (χ0v) is 20.8. The lowest BCUT2D eigenvalue weighted by molar-refractivity contribution is -0.158. The highest BCUT2D eigenvalue weighted by molar-refractivity contribution is 5.93. The first kappa shape index (κ1) is 23.3. The summed E-state index contributed by atoms with van der Waals surface area (Å²) in [5.41, 5.74) is 3.59. The van der Waals surface area contributed by atoms with Crippen LogP contribution in [0.4, 0.5) is 0 Å². The minimum absolute atomic E-state index is 0.0690. The third-order valence-corrected chi connectivity index (χ3v) is 7.09. The molecule has 1 heterocycles. The first-order valence-corrected chi connectivity index (χ1v) is 12.6. The van der Waals surface area contributed by atoms with Crippen molar-refractivity contribution in [3.63, 3.8) is 0 Å². The lowest BCUT2D eigenvalue weighted by atomic mass is 9.84. The van der Waals surface area contributed by atoms with Crippen molar-refractivity contribution in [3.05, 3.63) is 94.1 Å². The fraction of sp³-hybridized carbons (Fsp3) is 0.355. The molecule has 0 bridgehead atoms. The van der Waals surface area contributed by atoms with E-state index in [0.717, 1.165) is 45.8 Å². The van der Waals surface area contributed by atoms with Crippen LogP contribution in [-0.2, 0) is 16.1 Å². The number of nitrogens with zero attached hydrogens (tertiary/aromatic N) is 1. The molecule has 0 aliphatic heterocycles. The number of esters is 1. The Bertz CT molecular complexity index is 1360. The molecule has 0 N–H and O–H groups in total. The predicted octanol–water partition coefficient (Wildman–Crippen LogP) is 6.82. The van der Waals surface area contributed by atoms with Gasteiger partial charge in [-0.1, -0.05) is 61.4 Å². The van der Waals surface area contributed by atoms with Crippen molar-refractivity contribution < 1.29 is 9.53 Å². The zero-order chi connectivity index (χ0) is 24.6. The number of aromatic nitrogens is 1. The van der Waals surface area contributed by atoms with E-state index in [1.165, 1.54) is 12.8 Å². The number of carbonyl (C=O) groups excluding carboxylic acids is 1. The molecule has 3 aromatic carbocycles. The van der Waals surface area contributed by atoms with E-state index in [-0.39, 0.29) is 17.3 Å². The quantitative estimate of drug-likeness (QED) is 0.239. The van der Waals surface area contributed by atoms with Crippen LogP contribution in [0.1, 0.15) is 63.5 Å². The topological polar surface area (TPSA) is 48.3 Å². The molecular formula is C31H33NO3. The van der Waals surface area contributed by atoms with E-state index in [1.54, 1.807) is 0 Å². The fourth-order valence-corrected chi connectivity index (χ4v) is 5.52. The molecule has 180 valence electrons. The highest BCUT2D eigenvalue weighted by Gasteiger charge is 2.35. The molecule has 1 atom stereocenters. The molecule has 35 heavy (non-hydrogen) atoms. The molecule has 4 aromatic rings. The van der Waals surface area contributed by atoms with Gasteiger partial charge in [0, 0.05) is 17.3 Å². The summed E-state index contributed by atoms with van der Waals surface area (Å²) < 4.78 is 8.04. The van der Waals surface area contributed by atoms with Gasteiger partial charge < -0.3 is 9.30 Å². The molecule has 1 saturated carbocycles. The van der Waals surface area contributed by atoms with Crippen molar-refractivity contribution >= 4 is 27.8 Å². The second-order valence-electron chi connectivity index (χ2n) is 10.7. The van der Waals surface area contributed by atoms with Gasteiger partial charge in [-0.15, -0.1) is 0 Å². The van der Waals surface area contributed by atoms with Gasteiger partial charge in [0.1, 0.15) is 5.60 Å². The number of carbonyl (C=O) groups is 1. The van der Waals surface area contributed by atoms with Crippen LogP contribution in [0.25, 0.3) is 21.8 Å². The SMILES string of the molecule is CC(C)(C)OC(=O)C(c1ccc(Cn2c3ccccc3c(=O)c3ccccc32)cc1)C1CCCC1. The molecule has 5 rings (SSSR count). The van der Waals surface area contributed by atoms with Crippen LogP contribution in [0, 0.1) is 5.92 Å². The lowest BCUT2D eigenvalue weighted by Crippen LogP contribution is -2.30. The number of hydrogen-bond acceptors (Lipinski definition) is 3. The standard InChI is InChI=1S/C31H33NO3/c1-31(2,3)35-30(34)28(22-10-4-5-11-22)23-18-16-21(17-19-23)20-32-26-14-8-6-12-24(26)29(33)25-13-7-9-15-27(25)32/h6-9,12-19,22,28H,4-5,10-11,20H2,1-3H3. The van der Waals surface area contributed by atoms with Gasteiger partial charge in [-0.2, -0.15) is 0 Å². The number of hydrogen-bond donors (Lipinski definition) is 0. The monoisotopic (exact) mass is 467 g/mol. The number of fused-ring (bicyclic) bond motifs is 2. The van der Waals surface area contributed by atoms with Crippen molar-refractivity contribution in [2.45, 2.75) is 64.5 Å². The molecule has 4 nitrogen and oxygen atoms in total. The van der Waals surface area contributed by atoms with Crippen LogP contribution >= 0.6 is 0 Å². The maximum Gasteiger partial charge on any atom is 0.314 e. The Labute approximate surface area is 206 Å². The third kappa shape index (κ3) is 4.75. The summed E-state index contributed by atoms with van der Waals surface area (Å²) in [4.78, 5) is 26.2. The summed E-state index contributed by atoms with van der Waals surface area (Å²) in [5, 5.41) is 1.46. The average Bonchev–Trinajstić information content (AvgIpc) is 3.36. The Morgan fingerprint density at radius 1 is 0.886 bits per heavy atom. The number of rotatable bonds is 5. The maximum absolute atomic E-state index is 13.2. The fourth-order valence-electron chi connectivity index (χ4n) is 5.52. The van der Waals surface area contributed by atoms with E-state index in [0.29, 0.717) is 12.5 Å². The van der Waals surface area contributed by atoms with Gasteiger partial charge in [0.05, 0.1) is 17.0 Å². The first-order valence-electron chi connectivity index (χ1n) is 12.6. The van der Waals surface area contributed by atoms with Gasteiger partial charge in [-0.3, -0.25) is 9.59 Å². The summed E-state index contributed by atoms with van der Waals surface area (Å²) in [6.45, 7) is 6.43. The number of ether oxygens (including phenoxy) is 1. The average molecular weight is 468 g/mol. The van der Waals surface area contributed by atoms with Crippen molar-refractivity contribution in [3.8, 4) is 0 Å². The Hall–Kier alpha value is -3.40. The van der Waals surface area contributed by atoms with Gasteiger partial charge >= 0.3 is 5.97 Å². The summed E-state index contributed by atoms with van der Waals surface area (Å²) in [6, 6.07) is 24.0. The molecule has 0 radical (unpaired) electrons. The summed E-state index contributed by atoms with van der Waals surface area (Å²) in [6.07, 6.45) is 4.49. The first-order chi connectivity index (χ1) is 16.8. The van der Waals surface area contributed by atoms with Crippen molar-refractivity contribution in [1.29, 1.82) is 0 Å². The number of benzene rings is 3. The van der Waals surface area contributed by atoms with Crippen LogP contribution < -0.4 is 5.43 Å². The second-order valence-corrected chi connectivity index (χ2v) is 10.7. The van der Waals surface area contributed by atoms with Crippen LogP contribution in [0.15, 0.2) is 77.6 Å². The number of pyridine rings is 1. The Balaban J connectivity index is 1.51.